The molecule has 5 heteroatoms. The lowest BCUT2D eigenvalue weighted by molar-refractivity contribution is 0.302. The first-order valence-electron chi connectivity index (χ1n) is 6.80. The lowest BCUT2D eigenvalue weighted by Gasteiger charge is -2.08. The van der Waals surface area contributed by atoms with Crippen molar-refractivity contribution in [1.82, 2.24) is 9.38 Å². The maximum atomic E-state index is 6.22. The average Bonchev–Trinajstić information content (AvgIpc) is 2.89. The van der Waals surface area contributed by atoms with Gasteiger partial charge in [-0.1, -0.05) is 23.7 Å². The Morgan fingerprint density at radius 2 is 2.14 bits per heavy atom. The standard InChI is InChI=1S/C16H16ClN3O/c17-14-9-12(6-7-18)4-5-15(14)21-11-13-10-20-8-2-1-3-16(20)19-13/h1-5,8-10H,6-7,11,18H2. The highest BCUT2D eigenvalue weighted by molar-refractivity contribution is 6.32. The van der Waals surface area contributed by atoms with Gasteiger partial charge in [-0.05, 0) is 42.8 Å². The van der Waals surface area contributed by atoms with Gasteiger partial charge in [0.1, 0.15) is 18.0 Å². The number of fused-ring (bicyclic) bond motifs is 1. The van der Waals surface area contributed by atoms with E-state index in [0.717, 1.165) is 23.3 Å². The van der Waals surface area contributed by atoms with Crippen molar-refractivity contribution in [3.63, 3.8) is 0 Å². The third-order valence-electron chi connectivity index (χ3n) is 3.22. The van der Waals surface area contributed by atoms with Crippen molar-refractivity contribution in [2.24, 2.45) is 5.73 Å². The van der Waals surface area contributed by atoms with Crippen LogP contribution in [0, 0.1) is 0 Å². The summed E-state index contributed by atoms with van der Waals surface area (Å²) < 4.78 is 7.71. The van der Waals surface area contributed by atoms with Crippen LogP contribution in [0.25, 0.3) is 5.65 Å². The molecule has 0 saturated carbocycles. The van der Waals surface area contributed by atoms with Gasteiger partial charge >= 0.3 is 0 Å². The summed E-state index contributed by atoms with van der Waals surface area (Å²) in [6, 6.07) is 11.6. The van der Waals surface area contributed by atoms with Crippen LogP contribution >= 0.6 is 11.6 Å². The van der Waals surface area contributed by atoms with E-state index in [1.165, 1.54) is 0 Å². The van der Waals surface area contributed by atoms with E-state index in [9.17, 15) is 0 Å². The second-order valence-electron chi connectivity index (χ2n) is 4.79. The first-order valence-corrected chi connectivity index (χ1v) is 7.18. The lowest BCUT2D eigenvalue weighted by atomic mass is 10.1. The quantitative estimate of drug-likeness (QED) is 0.788. The first-order chi connectivity index (χ1) is 10.3. The number of rotatable bonds is 5. The van der Waals surface area contributed by atoms with Crippen LogP contribution in [-0.4, -0.2) is 15.9 Å². The zero-order valence-corrected chi connectivity index (χ0v) is 12.3. The number of nitrogens with two attached hydrogens (primary N) is 1. The molecule has 3 rings (SSSR count). The maximum absolute atomic E-state index is 6.22. The van der Waals surface area contributed by atoms with Crippen molar-refractivity contribution in [3.8, 4) is 5.75 Å². The monoisotopic (exact) mass is 301 g/mol. The molecule has 0 spiro atoms. The molecule has 0 saturated heterocycles. The second-order valence-corrected chi connectivity index (χ2v) is 5.20. The van der Waals surface area contributed by atoms with Crippen LogP contribution in [0.15, 0.2) is 48.8 Å². The minimum absolute atomic E-state index is 0.387. The predicted octanol–water partition coefficient (Wildman–Crippen LogP) is 3.07. The first kappa shape index (κ1) is 13.9. The molecule has 0 aliphatic heterocycles. The van der Waals surface area contributed by atoms with Gasteiger partial charge in [-0.25, -0.2) is 4.98 Å². The Labute approximate surface area is 128 Å². The van der Waals surface area contributed by atoms with Crippen molar-refractivity contribution in [2.75, 3.05) is 6.54 Å². The summed E-state index contributed by atoms with van der Waals surface area (Å²) in [6.45, 7) is 0.995. The molecule has 2 N–H and O–H groups in total. The molecule has 3 aromatic rings. The van der Waals surface area contributed by atoms with Crippen LogP contribution in [0.4, 0.5) is 0 Å². The number of aromatic nitrogens is 2. The summed E-state index contributed by atoms with van der Waals surface area (Å²) in [7, 11) is 0. The van der Waals surface area contributed by atoms with E-state index in [1.54, 1.807) is 0 Å². The van der Waals surface area contributed by atoms with Gasteiger partial charge in [-0.15, -0.1) is 0 Å². The highest BCUT2D eigenvalue weighted by atomic mass is 35.5. The van der Waals surface area contributed by atoms with E-state index in [1.807, 2.05) is 53.2 Å². The largest absolute Gasteiger partial charge is 0.486 e. The second kappa shape index (κ2) is 6.16. The predicted molar refractivity (Wildman–Crippen MR) is 83.7 cm³/mol. The lowest BCUT2D eigenvalue weighted by Crippen LogP contribution is -2.03. The summed E-state index contributed by atoms with van der Waals surface area (Å²) in [6.07, 6.45) is 4.72. The Morgan fingerprint density at radius 1 is 1.24 bits per heavy atom. The zero-order valence-electron chi connectivity index (χ0n) is 11.5. The van der Waals surface area contributed by atoms with Crippen LogP contribution < -0.4 is 10.5 Å². The summed E-state index contributed by atoms with van der Waals surface area (Å²) in [4.78, 5) is 4.48. The molecule has 0 aliphatic rings. The van der Waals surface area contributed by atoms with Crippen LogP contribution in [0.2, 0.25) is 5.02 Å². The Morgan fingerprint density at radius 3 is 2.90 bits per heavy atom. The van der Waals surface area contributed by atoms with Gasteiger partial charge in [0, 0.05) is 12.4 Å². The molecule has 108 valence electrons. The van der Waals surface area contributed by atoms with Gasteiger partial charge < -0.3 is 14.9 Å². The van der Waals surface area contributed by atoms with E-state index >= 15 is 0 Å². The molecule has 0 radical (unpaired) electrons. The van der Waals surface area contributed by atoms with E-state index < -0.39 is 0 Å². The van der Waals surface area contributed by atoms with Gasteiger partial charge in [0.25, 0.3) is 0 Å². The fourth-order valence-electron chi connectivity index (χ4n) is 2.19. The van der Waals surface area contributed by atoms with Gasteiger partial charge in [-0.3, -0.25) is 0 Å². The van der Waals surface area contributed by atoms with Crippen LogP contribution in [0.5, 0.6) is 5.75 Å². The molecular formula is C16H16ClN3O. The van der Waals surface area contributed by atoms with E-state index in [-0.39, 0.29) is 0 Å². The number of pyridine rings is 1. The SMILES string of the molecule is NCCc1ccc(OCc2cn3ccccc3n2)c(Cl)c1. The molecule has 0 amide bonds. The number of hydrogen-bond acceptors (Lipinski definition) is 3. The number of hydrogen-bond donors (Lipinski definition) is 1. The van der Waals surface area contributed by atoms with Crippen molar-refractivity contribution in [1.29, 1.82) is 0 Å². The van der Waals surface area contributed by atoms with Crippen LogP contribution in [-0.2, 0) is 13.0 Å². The molecule has 0 aliphatic carbocycles. The smallest absolute Gasteiger partial charge is 0.138 e. The summed E-state index contributed by atoms with van der Waals surface area (Å²) in [5.74, 6) is 0.662. The number of halogens is 1. The highest BCUT2D eigenvalue weighted by Gasteiger charge is 2.06. The summed E-state index contributed by atoms with van der Waals surface area (Å²) >= 11 is 6.22. The van der Waals surface area contributed by atoms with Gasteiger partial charge in [0.05, 0.1) is 10.7 Å². The van der Waals surface area contributed by atoms with Crippen molar-refractivity contribution in [3.05, 3.63) is 65.1 Å². The number of imidazole rings is 1. The molecular weight excluding hydrogens is 286 g/mol. The number of benzene rings is 1. The molecule has 2 aromatic heterocycles. The third-order valence-corrected chi connectivity index (χ3v) is 3.51. The molecule has 0 bridgehead atoms. The van der Waals surface area contributed by atoms with Crippen molar-refractivity contribution < 1.29 is 4.74 Å². The highest BCUT2D eigenvalue weighted by Crippen LogP contribution is 2.26. The number of nitrogens with zero attached hydrogens (tertiary/aromatic N) is 2. The molecule has 4 nitrogen and oxygen atoms in total. The van der Waals surface area contributed by atoms with E-state index in [2.05, 4.69) is 4.98 Å². The Kier molecular flexibility index (Phi) is 4.08. The zero-order chi connectivity index (χ0) is 14.7. The van der Waals surface area contributed by atoms with Gasteiger partial charge in [-0.2, -0.15) is 0 Å². The minimum atomic E-state index is 0.387. The molecule has 0 unspecified atom stereocenters. The Bertz CT molecular complexity index is 721. The van der Waals surface area contributed by atoms with Crippen LogP contribution in [0.3, 0.4) is 0 Å². The fraction of sp³-hybridized carbons (Fsp3) is 0.188. The number of ether oxygens (including phenoxy) is 1. The Balaban J connectivity index is 1.72. The van der Waals surface area contributed by atoms with E-state index in [0.29, 0.717) is 23.9 Å². The van der Waals surface area contributed by atoms with E-state index in [4.69, 9.17) is 22.1 Å². The molecule has 0 atom stereocenters. The average molecular weight is 302 g/mol. The van der Waals surface area contributed by atoms with Gasteiger partial charge in [0.2, 0.25) is 0 Å². The topological polar surface area (TPSA) is 52.5 Å². The minimum Gasteiger partial charge on any atom is -0.486 e. The normalized spacial score (nSPS) is 11.0. The summed E-state index contributed by atoms with van der Waals surface area (Å²) in [5.41, 5.74) is 8.42. The van der Waals surface area contributed by atoms with Crippen LogP contribution in [0.1, 0.15) is 11.3 Å². The fourth-order valence-corrected chi connectivity index (χ4v) is 2.45. The summed E-state index contributed by atoms with van der Waals surface area (Å²) in [5, 5.41) is 0.602. The maximum Gasteiger partial charge on any atom is 0.138 e. The van der Waals surface area contributed by atoms with Crippen molar-refractivity contribution in [2.45, 2.75) is 13.0 Å². The molecule has 21 heavy (non-hydrogen) atoms. The Hall–Kier alpha value is -2.04. The molecule has 2 heterocycles. The van der Waals surface area contributed by atoms with Crippen molar-refractivity contribution >= 4 is 17.2 Å². The molecule has 1 aromatic carbocycles. The molecule has 0 fully saturated rings. The van der Waals surface area contributed by atoms with Gasteiger partial charge in [0.15, 0.2) is 0 Å². The third kappa shape index (κ3) is 3.17.